The van der Waals surface area contributed by atoms with Gasteiger partial charge in [-0.1, -0.05) is 24.5 Å². The fourth-order valence-corrected chi connectivity index (χ4v) is 3.09. The number of rotatable bonds is 3. The minimum atomic E-state index is 0.123. The monoisotopic (exact) mass is 309 g/mol. The van der Waals surface area contributed by atoms with Gasteiger partial charge in [0.2, 0.25) is 0 Å². The van der Waals surface area contributed by atoms with E-state index in [1.165, 1.54) is 25.7 Å². The first kappa shape index (κ1) is 13.6. The van der Waals surface area contributed by atoms with E-state index >= 15 is 0 Å². The highest BCUT2D eigenvalue weighted by Gasteiger charge is 2.21. The molecule has 3 heteroatoms. The smallest absolute Gasteiger partial charge is 0.254 e. The van der Waals surface area contributed by atoms with E-state index in [1.54, 1.807) is 0 Å². The Kier molecular flexibility index (Phi) is 4.44. The molecule has 0 saturated heterocycles. The molecule has 1 saturated carbocycles. The zero-order chi connectivity index (χ0) is 13.1. The summed E-state index contributed by atoms with van der Waals surface area (Å²) in [6.07, 6.45) is 5.18. The maximum atomic E-state index is 12.4. The predicted octanol–water partition coefficient (Wildman–Crippen LogP) is 4.02. The molecule has 0 heterocycles. The van der Waals surface area contributed by atoms with Crippen LogP contribution in [-0.2, 0) is 0 Å². The Balaban J connectivity index is 2.07. The lowest BCUT2D eigenvalue weighted by Gasteiger charge is -2.21. The molecule has 18 heavy (non-hydrogen) atoms. The molecule has 0 N–H and O–H groups in total. The van der Waals surface area contributed by atoms with Gasteiger partial charge >= 0.3 is 0 Å². The van der Waals surface area contributed by atoms with Gasteiger partial charge in [-0.3, -0.25) is 4.79 Å². The van der Waals surface area contributed by atoms with Crippen molar-refractivity contribution in [3.63, 3.8) is 0 Å². The molecule has 1 aliphatic carbocycles. The third kappa shape index (κ3) is 3.14. The molecule has 1 aromatic carbocycles. The first-order valence-corrected chi connectivity index (χ1v) is 7.39. The Morgan fingerprint density at radius 2 is 2.06 bits per heavy atom. The average molecular weight is 310 g/mol. The fourth-order valence-electron chi connectivity index (χ4n) is 2.67. The number of nitrogens with zero attached hydrogens (tertiary/aromatic N) is 1. The third-order valence-corrected chi connectivity index (χ3v) is 4.40. The van der Waals surface area contributed by atoms with Crippen LogP contribution in [0.2, 0.25) is 0 Å². The summed E-state index contributed by atoms with van der Waals surface area (Å²) in [5.41, 5.74) is 1.89. The van der Waals surface area contributed by atoms with Crippen LogP contribution in [0.4, 0.5) is 0 Å². The number of amides is 1. The Labute approximate surface area is 117 Å². The van der Waals surface area contributed by atoms with Gasteiger partial charge in [0.1, 0.15) is 0 Å². The van der Waals surface area contributed by atoms with Gasteiger partial charge in [0, 0.05) is 18.1 Å². The Hall–Kier alpha value is -0.830. The second-order valence-corrected chi connectivity index (χ2v) is 6.17. The first-order chi connectivity index (χ1) is 8.58. The summed E-state index contributed by atoms with van der Waals surface area (Å²) >= 11 is 3.46. The van der Waals surface area contributed by atoms with Crippen molar-refractivity contribution in [2.24, 2.45) is 5.92 Å². The topological polar surface area (TPSA) is 20.3 Å². The zero-order valence-corrected chi connectivity index (χ0v) is 12.7. The normalized spacial score (nSPS) is 15.9. The second-order valence-electron chi connectivity index (χ2n) is 5.32. The molecule has 1 aliphatic rings. The van der Waals surface area contributed by atoms with E-state index in [0.29, 0.717) is 5.92 Å². The van der Waals surface area contributed by atoms with Crippen LogP contribution in [0, 0.1) is 12.8 Å². The number of benzene rings is 1. The van der Waals surface area contributed by atoms with Gasteiger partial charge in [0.15, 0.2) is 0 Å². The predicted molar refractivity (Wildman–Crippen MR) is 77.8 cm³/mol. The summed E-state index contributed by atoms with van der Waals surface area (Å²) in [6, 6.07) is 5.92. The van der Waals surface area contributed by atoms with Crippen molar-refractivity contribution in [1.29, 1.82) is 0 Å². The van der Waals surface area contributed by atoms with Crippen molar-refractivity contribution in [3.05, 3.63) is 33.8 Å². The van der Waals surface area contributed by atoms with Gasteiger partial charge in [-0.05, 0) is 53.7 Å². The van der Waals surface area contributed by atoms with Crippen LogP contribution in [0.25, 0.3) is 0 Å². The average Bonchev–Trinajstić information content (AvgIpc) is 2.84. The summed E-state index contributed by atoms with van der Waals surface area (Å²) in [4.78, 5) is 14.3. The molecule has 0 unspecified atom stereocenters. The van der Waals surface area contributed by atoms with Crippen molar-refractivity contribution in [1.82, 2.24) is 4.90 Å². The van der Waals surface area contributed by atoms with E-state index in [4.69, 9.17) is 0 Å². The van der Waals surface area contributed by atoms with E-state index < -0.39 is 0 Å². The molecular weight excluding hydrogens is 290 g/mol. The number of carbonyl (C=O) groups excluding carboxylic acids is 1. The zero-order valence-electron chi connectivity index (χ0n) is 11.1. The van der Waals surface area contributed by atoms with Crippen LogP contribution in [0.1, 0.15) is 41.6 Å². The number of carbonyl (C=O) groups is 1. The van der Waals surface area contributed by atoms with E-state index in [0.717, 1.165) is 22.1 Å². The molecule has 1 fully saturated rings. The molecule has 0 atom stereocenters. The Morgan fingerprint density at radius 1 is 1.39 bits per heavy atom. The SMILES string of the molecule is Cc1ccc(Br)c(C(=O)N(C)CC2CCCC2)c1. The van der Waals surface area contributed by atoms with Gasteiger partial charge in [-0.15, -0.1) is 0 Å². The summed E-state index contributed by atoms with van der Waals surface area (Å²) in [5, 5.41) is 0. The summed E-state index contributed by atoms with van der Waals surface area (Å²) in [7, 11) is 1.91. The summed E-state index contributed by atoms with van der Waals surface area (Å²) < 4.78 is 0.886. The molecule has 0 bridgehead atoms. The van der Waals surface area contributed by atoms with Gasteiger partial charge in [-0.2, -0.15) is 0 Å². The van der Waals surface area contributed by atoms with Crippen LogP contribution in [-0.4, -0.2) is 24.4 Å². The van der Waals surface area contributed by atoms with E-state index in [9.17, 15) is 4.79 Å². The van der Waals surface area contributed by atoms with Gasteiger partial charge in [-0.25, -0.2) is 0 Å². The Morgan fingerprint density at radius 3 is 2.72 bits per heavy atom. The molecule has 2 rings (SSSR count). The molecule has 1 amide bonds. The minimum absolute atomic E-state index is 0.123. The molecule has 2 nitrogen and oxygen atoms in total. The lowest BCUT2D eigenvalue weighted by molar-refractivity contribution is 0.0772. The molecule has 0 aromatic heterocycles. The number of halogens is 1. The standard InChI is InChI=1S/C15H20BrNO/c1-11-7-8-14(16)13(9-11)15(18)17(2)10-12-5-3-4-6-12/h7-9,12H,3-6,10H2,1-2H3. The van der Waals surface area contributed by atoms with E-state index in [2.05, 4.69) is 15.9 Å². The van der Waals surface area contributed by atoms with Crippen molar-refractivity contribution >= 4 is 21.8 Å². The molecule has 0 spiro atoms. The van der Waals surface area contributed by atoms with Gasteiger partial charge in [0.25, 0.3) is 5.91 Å². The van der Waals surface area contributed by atoms with Gasteiger partial charge < -0.3 is 4.90 Å². The fraction of sp³-hybridized carbons (Fsp3) is 0.533. The largest absolute Gasteiger partial charge is 0.341 e. The van der Waals surface area contributed by atoms with Crippen molar-refractivity contribution in [2.45, 2.75) is 32.6 Å². The maximum Gasteiger partial charge on any atom is 0.254 e. The van der Waals surface area contributed by atoms with Crippen LogP contribution >= 0.6 is 15.9 Å². The van der Waals surface area contributed by atoms with Crippen molar-refractivity contribution in [3.8, 4) is 0 Å². The van der Waals surface area contributed by atoms with Crippen molar-refractivity contribution in [2.75, 3.05) is 13.6 Å². The quantitative estimate of drug-likeness (QED) is 0.826. The van der Waals surface area contributed by atoms with Gasteiger partial charge in [0.05, 0.1) is 5.56 Å². The molecule has 98 valence electrons. The highest BCUT2D eigenvalue weighted by atomic mass is 79.9. The molecular formula is C15H20BrNO. The number of aryl methyl sites for hydroxylation is 1. The third-order valence-electron chi connectivity index (χ3n) is 3.71. The highest BCUT2D eigenvalue weighted by Crippen LogP contribution is 2.26. The number of hydrogen-bond acceptors (Lipinski definition) is 1. The molecule has 0 radical (unpaired) electrons. The highest BCUT2D eigenvalue weighted by molar-refractivity contribution is 9.10. The van der Waals surface area contributed by atoms with Crippen LogP contribution in [0.15, 0.2) is 22.7 Å². The first-order valence-electron chi connectivity index (χ1n) is 6.59. The Bertz CT molecular complexity index is 438. The second kappa shape index (κ2) is 5.87. The lowest BCUT2D eigenvalue weighted by Crippen LogP contribution is -2.31. The molecule has 1 aromatic rings. The van der Waals surface area contributed by atoms with E-state index in [1.807, 2.05) is 37.1 Å². The minimum Gasteiger partial charge on any atom is -0.341 e. The molecule has 0 aliphatic heterocycles. The van der Waals surface area contributed by atoms with Crippen LogP contribution < -0.4 is 0 Å². The number of hydrogen-bond donors (Lipinski definition) is 0. The maximum absolute atomic E-state index is 12.4. The van der Waals surface area contributed by atoms with Crippen LogP contribution in [0.5, 0.6) is 0 Å². The summed E-state index contributed by atoms with van der Waals surface area (Å²) in [5.74, 6) is 0.819. The lowest BCUT2D eigenvalue weighted by atomic mass is 10.1. The van der Waals surface area contributed by atoms with Crippen LogP contribution in [0.3, 0.4) is 0 Å². The van der Waals surface area contributed by atoms with E-state index in [-0.39, 0.29) is 5.91 Å². The summed E-state index contributed by atoms with van der Waals surface area (Å²) in [6.45, 7) is 2.90. The van der Waals surface area contributed by atoms with Crippen molar-refractivity contribution < 1.29 is 4.79 Å².